The molecule has 1 amide bonds. The number of thioether (sulfide) groups is 1. The molecule has 7 heteroatoms. The minimum atomic E-state index is -0.226. The molecule has 2 aliphatic heterocycles. The summed E-state index contributed by atoms with van der Waals surface area (Å²) in [5.74, 6) is 0.921. The Morgan fingerprint density at radius 2 is 1.63 bits per heavy atom. The first-order valence-corrected chi connectivity index (χ1v) is 11.9. The molecular weight excluding hydrogens is 417 g/mol. The number of nitrogens with zero attached hydrogens (tertiary/aromatic N) is 3. The van der Waals surface area contributed by atoms with Crippen molar-refractivity contribution in [3.8, 4) is 0 Å². The third-order valence-corrected chi connectivity index (χ3v) is 7.69. The molecule has 1 fully saturated rings. The summed E-state index contributed by atoms with van der Waals surface area (Å²) in [5.41, 5.74) is 2.23. The zero-order chi connectivity index (χ0) is 20.5. The van der Waals surface area contributed by atoms with Crippen LogP contribution in [-0.4, -0.2) is 49.3 Å². The molecule has 0 N–H and O–H groups in total. The molecule has 1 saturated heterocycles. The Morgan fingerprint density at radius 3 is 2.43 bits per heavy atom. The van der Waals surface area contributed by atoms with Gasteiger partial charge in [-0.05, 0) is 48.5 Å². The Hall–Kier alpha value is -2.51. The highest BCUT2D eigenvalue weighted by Gasteiger charge is 2.25. The number of fused-ring (bicyclic) bond motifs is 1. The zero-order valence-electron chi connectivity index (χ0n) is 16.5. The van der Waals surface area contributed by atoms with Crippen molar-refractivity contribution in [2.75, 3.05) is 48.3 Å². The minimum Gasteiger partial charge on any atom is -0.368 e. The fourth-order valence-corrected chi connectivity index (χ4v) is 5.97. The van der Waals surface area contributed by atoms with Crippen LogP contribution >= 0.6 is 23.1 Å². The predicted octanol–water partition coefficient (Wildman–Crippen LogP) is 5.09. The summed E-state index contributed by atoms with van der Waals surface area (Å²) in [5, 5.41) is 1.12. The molecule has 3 aromatic rings. The predicted molar refractivity (Wildman–Crippen MR) is 123 cm³/mol. The molecular formula is C23H22FN3OS2. The van der Waals surface area contributed by atoms with Gasteiger partial charge in [-0.3, -0.25) is 4.79 Å². The normalized spacial score (nSPS) is 16.5. The summed E-state index contributed by atoms with van der Waals surface area (Å²) in [4.78, 5) is 21.6. The van der Waals surface area contributed by atoms with Crippen molar-refractivity contribution in [2.45, 2.75) is 4.90 Å². The topological polar surface area (TPSA) is 26.8 Å². The highest BCUT2D eigenvalue weighted by Crippen LogP contribution is 2.41. The van der Waals surface area contributed by atoms with Gasteiger partial charge in [0.15, 0.2) is 0 Å². The highest BCUT2D eigenvalue weighted by molar-refractivity contribution is 7.99. The molecule has 2 aliphatic rings. The maximum absolute atomic E-state index is 13.2. The SMILES string of the molecule is O=C(c1ccc(N2CCSc3ccccc32)s1)N1CCN(c2ccc(F)cc2)CC1. The Balaban J connectivity index is 1.26. The number of amides is 1. The first kappa shape index (κ1) is 19.5. The van der Waals surface area contributed by atoms with Crippen LogP contribution < -0.4 is 9.80 Å². The average molecular weight is 440 g/mol. The number of carbonyl (C=O) groups excluding carboxylic acids is 1. The number of rotatable bonds is 3. The molecule has 2 aromatic carbocycles. The number of anilines is 3. The van der Waals surface area contributed by atoms with Crippen LogP contribution in [0.25, 0.3) is 0 Å². The molecule has 0 aliphatic carbocycles. The van der Waals surface area contributed by atoms with Gasteiger partial charge < -0.3 is 14.7 Å². The summed E-state index contributed by atoms with van der Waals surface area (Å²) in [7, 11) is 0. The van der Waals surface area contributed by atoms with Crippen molar-refractivity contribution in [2.24, 2.45) is 0 Å². The first-order valence-electron chi connectivity index (χ1n) is 10.1. The standard InChI is InChI=1S/C23H22FN3OS2/c24-17-5-7-18(8-6-17)25-11-13-26(14-12-25)23(28)21-9-10-22(30-21)27-15-16-29-20-4-2-1-3-19(20)27/h1-10H,11-16H2. The molecule has 0 atom stereocenters. The lowest BCUT2D eigenvalue weighted by atomic mass is 10.2. The van der Waals surface area contributed by atoms with Crippen LogP contribution in [0.2, 0.25) is 0 Å². The summed E-state index contributed by atoms with van der Waals surface area (Å²) in [6, 6.07) is 19.0. The van der Waals surface area contributed by atoms with Crippen molar-refractivity contribution >= 4 is 45.4 Å². The molecule has 1 aromatic heterocycles. The lowest BCUT2D eigenvalue weighted by Gasteiger charge is -2.36. The lowest BCUT2D eigenvalue weighted by molar-refractivity contribution is 0.0751. The molecule has 30 heavy (non-hydrogen) atoms. The maximum atomic E-state index is 13.2. The third-order valence-electron chi connectivity index (χ3n) is 5.56. The number of benzene rings is 2. The number of halogens is 1. The molecule has 0 saturated carbocycles. The van der Waals surface area contributed by atoms with Gasteiger partial charge in [0, 0.05) is 49.1 Å². The number of hydrogen-bond donors (Lipinski definition) is 0. The Morgan fingerprint density at radius 1 is 0.867 bits per heavy atom. The van der Waals surface area contributed by atoms with Crippen LogP contribution in [-0.2, 0) is 0 Å². The van der Waals surface area contributed by atoms with Crippen LogP contribution in [0.3, 0.4) is 0 Å². The van der Waals surface area contributed by atoms with E-state index in [4.69, 9.17) is 0 Å². The largest absolute Gasteiger partial charge is 0.368 e. The second-order valence-electron chi connectivity index (χ2n) is 7.36. The van der Waals surface area contributed by atoms with E-state index in [-0.39, 0.29) is 11.7 Å². The average Bonchev–Trinajstić information content (AvgIpc) is 3.29. The molecule has 0 bridgehead atoms. The van der Waals surface area contributed by atoms with Gasteiger partial charge in [-0.1, -0.05) is 12.1 Å². The second-order valence-corrected chi connectivity index (χ2v) is 9.56. The van der Waals surface area contributed by atoms with Gasteiger partial charge >= 0.3 is 0 Å². The summed E-state index contributed by atoms with van der Waals surface area (Å²) in [6.45, 7) is 3.81. The van der Waals surface area contributed by atoms with Gasteiger partial charge in [0.05, 0.1) is 15.6 Å². The molecule has 5 rings (SSSR count). The smallest absolute Gasteiger partial charge is 0.264 e. The molecule has 0 unspecified atom stereocenters. The Bertz CT molecular complexity index is 1040. The van der Waals surface area contributed by atoms with Gasteiger partial charge in [0.25, 0.3) is 5.91 Å². The third kappa shape index (κ3) is 3.79. The van der Waals surface area contributed by atoms with Gasteiger partial charge in [-0.25, -0.2) is 4.39 Å². The molecule has 4 nitrogen and oxygen atoms in total. The first-order chi connectivity index (χ1) is 14.7. The van der Waals surface area contributed by atoms with Crippen molar-refractivity contribution in [1.82, 2.24) is 4.90 Å². The van der Waals surface area contributed by atoms with Gasteiger partial charge in [0.2, 0.25) is 0 Å². The van der Waals surface area contributed by atoms with E-state index in [0.717, 1.165) is 41.0 Å². The van der Waals surface area contributed by atoms with Crippen LogP contribution in [0.15, 0.2) is 65.6 Å². The number of thiophene rings is 1. The van der Waals surface area contributed by atoms with Crippen LogP contribution in [0, 0.1) is 5.82 Å². The minimum absolute atomic E-state index is 0.102. The van der Waals surface area contributed by atoms with E-state index in [2.05, 4.69) is 40.1 Å². The van der Waals surface area contributed by atoms with Gasteiger partial charge in [0.1, 0.15) is 5.82 Å². The summed E-state index contributed by atoms with van der Waals surface area (Å²) < 4.78 is 13.2. The van der Waals surface area contributed by atoms with Crippen molar-refractivity contribution in [3.63, 3.8) is 0 Å². The fraction of sp³-hybridized carbons (Fsp3) is 0.261. The van der Waals surface area contributed by atoms with E-state index in [0.29, 0.717) is 13.1 Å². The number of piperazine rings is 1. The number of carbonyl (C=O) groups is 1. The summed E-state index contributed by atoms with van der Waals surface area (Å²) >= 11 is 3.46. The zero-order valence-corrected chi connectivity index (χ0v) is 18.1. The Kier molecular flexibility index (Phi) is 5.39. The number of para-hydroxylation sites is 1. The van der Waals surface area contributed by atoms with E-state index in [9.17, 15) is 9.18 Å². The van der Waals surface area contributed by atoms with Crippen molar-refractivity contribution in [1.29, 1.82) is 0 Å². The molecule has 3 heterocycles. The Labute approximate surface area is 183 Å². The molecule has 154 valence electrons. The van der Waals surface area contributed by atoms with Gasteiger partial charge in [-0.2, -0.15) is 0 Å². The van der Waals surface area contributed by atoms with E-state index in [1.165, 1.54) is 22.7 Å². The van der Waals surface area contributed by atoms with Crippen molar-refractivity contribution < 1.29 is 9.18 Å². The van der Waals surface area contributed by atoms with E-state index in [1.807, 2.05) is 22.7 Å². The fourth-order valence-electron chi connectivity index (χ4n) is 3.96. The monoisotopic (exact) mass is 439 g/mol. The molecule has 0 radical (unpaired) electrons. The molecule has 0 spiro atoms. The lowest BCUT2D eigenvalue weighted by Crippen LogP contribution is -2.48. The van der Waals surface area contributed by atoms with Crippen LogP contribution in [0.5, 0.6) is 0 Å². The van der Waals surface area contributed by atoms with Crippen LogP contribution in [0.1, 0.15) is 9.67 Å². The summed E-state index contributed by atoms with van der Waals surface area (Å²) in [6.07, 6.45) is 0. The number of hydrogen-bond acceptors (Lipinski definition) is 5. The quantitative estimate of drug-likeness (QED) is 0.568. The van der Waals surface area contributed by atoms with E-state index < -0.39 is 0 Å². The van der Waals surface area contributed by atoms with E-state index >= 15 is 0 Å². The van der Waals surface area contributed by atoms with Gasteiger partial charge in [-0.15, -0.1) is 23.1 Å². The van der Waals surface area contributed by atoms with Crippen molar-refractivity contribution in [3.05, 3.63) is 71.4 Å². The van der Waals surface area contributed by atoms with E-state index in [1.54, 1.807) is 23.5 Å². The highest BCUT2D eigenvalue weighted by atomic mass is 32.2. The maximum Gasteiger partial charge on any atom is 0.264 e. The van der Waals surface area contributed by atoms with Crippen LogP contribution in [0.4, 0.5) is 20.8 Å². The second kappa shape index (κ2) is 8.32.